The van der Waals surface area contributed by atoms with E-state index in [9.17, 15) is 14.4 Å². The van der Waals surface area contributed by atoms with Crippen LogP contribution in [0.4, 0.5) is 0 Å². The van der Waals surface area contributed by atoms with Crippen LogP contribution in [-0.2, 0) is 28.6 Å². The van der Waals surface area contributed by atoms with Gasteiger partial charge in [0.15, 0.2) is 6.10 Å². The Bertz CT molecular complexity index is 1640. The maximum atomic E-state index is 12.9. The van der Waals surface area contributed by atoms with Gasteiger partial charge in [-0.25, -0.2) is 0 Å². The maximum absolute atomic E-state index is 12.9. The summed E-state index contributed by atoms with van der Waals surface area (Å²) in [6.45, 7) is 6.51. The van der Waals surface area contributed by atoms with Crippen molar-refractivity contribution in [2.24, 2.45) is 0 Å². The van der Waals surface area contributed by atoms with E-state index in [4.69, 9.17) is 14.2 Å². The molecule has 0 radical (unpaired) electrons. The standard InChI is InChI=1S/C76H130O6/c1-4-7-10-13-16-19-22-25-28-30-32-34-36-37-38-39-41-42-44-46-48-51-54-57-60-63-66-69-75(78)81-72-73(71-80-74(77)68-65-62-59-56-53-50-27-24-21-18-15-12-9-6-3)82-76(79)70-67-64-61-58-55-52-49-47-45-43-40-35-33-31-29-26-23-20-17-14-11-8-5-2/h8,11,17,20,22,25-26,29-30,32-33,35,43,45,49,52,58,61,73H,4-7,9-10,12-16,18-19,21,23-24,27-28,31,34,36-42,44,46-48,50-51,53-57,59-60,62-72H2,1-3H3/b11-8-,20-17-,25-22-,29-26-,32-30-,35-33-,45-43-,52-49-,61-58-. The Morgan fingerprint density at radius 2 is 0.488 bits per heavy atom. The molecule has 0 spiro atoms. The molecule has 0 aliphatic heterocycles. The molecule has 1 unspecified atom stereocenters. The molecule has 0 aliphatic rings. The van der Waals surface area contributed by atoms with Crippen molar-refractivity contribution in [1.82, 2.24) is 0 Å². The molecule has 0 aromatic carbocycles. The van der Waals surface area contributed by atoms with Crippen LogP contribution in [0.25, 0.3) is 0 Å². The number of allylic oxidation sites excluding steroid dienone is 18. The average Bonchev–Trinajstić information content (AvgIpc) is 3.47. The third-order valence-corrected chi connectivity index (χ3v) is 15.0. The molecule has 0 aromatic rings. The fourth-order valence-electron chi connectivity index (χ4n) is 9.82. The molecule has 0 fully saturated rings. The Morgan fingerprint density at radius 1 is 0.256 bits per heavy atom. The van der Waals surface area contributed by atoms with Crippen LogP contribution in [0.3, 0.4) is 0 Å². The van der Waals surface area contributed by atoms with E-state index in [1.165, 1.54) is 193 Å². The van der Waals surface area contributed by atoms with Gasteiger partial charge in [-0.2, -0.15) is 0 Å². The van der Waals surface area contributed by atoms with Gasteiger partial charge in [0, 0.05) is 19.3 Å². The molecule has 0 N–H and O–H groups in total. The fourth-order valence-corrected chi connectivity index (χ4v) is 9.82. The van der Waals surface area contributed by atoms with E-state index >= 15 is 0 Å². The molecule has 1 atom stereocenters. The van der Waals surface area contributed by atoms with Crippen LogP contribution in [-0.4, -0.2) is 37.2 Å². The predicted molar refractivity (Wildman–Crippen MR) is 357 cm³/mol. The normalized spacial score (nSPS) is 12.8. The highest BCUT2D eigenvalue weighted by molar-refractivity contribution is 5.71. The van der Waals surface area contributed by atoms with Crippen molar-refractivity contribution in [3.8, 4) is 0 Å². The number of unbranched alkanes of at least 4 members (excludes halogenated alkanes) is 34. The molecular formula is C76H130O6. The molecule has 0 aliphatic carbocycles. The lowest BCUT2D eigenvalue weighted by Gasteiger charge is -2.18. The van der Waals surface area contributed by atoms with Crippen LogP contribution < -0.4 is 0 Å². The molecule has 6 nitrogen and oxygen atoms in total. The van der Waals surface area contributed by atoms with Crippen LogP contribution in [0, 0.1) is 0 Å². The first-order valence-corrected chi connectivity index (χ1v) is 34.9. The Labute approximate surface area is 508 Å². The summed E-state index contributed by atoms with van der Waals surface area (Å²) in [6, 6.07) is 0. The molecule has 82 heavy (non-hydrogen) atoms. The molecule has 0 aromatic heterocycles. The summed E-state index contributed by atoms with van der Waals surface area (Å²) in [7, 11) is 0. The molecule has 0 bridgehead atoms. The molecule has 0 heterocycles. The summed E-state index contributed by atoms with van der Waals surface area (Å²) in [5.41, 5.74) is 0. The Morgan fingerprint density at radius 3 is 0.780 bits per heavy atom. The zero-order chi connectivity index (χ0) is 59.2. The van der Waals surface area contributed by atoms with Crippen LogP contribution in [0.5, 0.6) is 0 Å². The molecule has 470 valence electrons. The number of ether oxygens (including phenoxy) is 3. The quantitative estimate of drug-likeness (QED) is 0.0261. The van der Waals surface area contributed by atoms with Crippen molar-refractivity contribution >= 4 is 17.9 Å². The highest BCUT2D eigenvalue weighted by atomic mass is 16.6. The van der Waals surface area contributed by atoms with Gasteiger partial charge in [0.2, 0.25) is 0 Å². The molecule has 0 rings (SSSR count). The summed E-state index contributed by atoms with van der Waals surface area (Å²) in [5, 5.41) is 0. The van der Waals surface area contributed by atoms with E-state index in [0.29, 0.717) is 19.3 Å². The van der Waals surface area contributed by atoms with E-state index in [1.54, 1.807) is 0 Å². The highest BCUT2D eigenvalue weighted by Gasteiger charge is 2.19. The number of esters is 3. The van der Waals surface area contributed by atoms with E-state index in [0.717, 1.165) is 96.3 Å². The Hall–Kier alpha value is -3.93. The monoisotopic (exact) mass is 1140 g/mol. The lowest BCUT2D eigenvalue weighted by molar-refractivity contribution is -0.167. The average molecular weight is 1140 g/mol. The van der Waals surface area contributed by atoms with Gasteiger partial charge in [-0.05, 0) is 103 Å². The Balaban J connectivity index is 4.38. The summed E-state index contributed by atoms with van der Waals surface area (Å²) >= 11 is 0. The van der Waals surface area contributed by atoms with Gasteiger partial charge in [-0.1, -0.05) is 323 Å². The molecule has 6 heteroatoms. The van der Waals surface area contributed by atoms with Crippen molar-refractivity contribution in [2.75, 3.05) is 13.2 Å². The Kier molecular flexibility index (Phi) is 66.2. The van der Waals surface area contributed by atoms with Crippen molar-refractivity contribution in [3.63, 3.8) is 0 Å². The lowest BCUT2D eigenvalue weighted by atomic mass is 10.0. The number of rotatable bonds is 63. The zero-order valence-electron chi connectivity index (χ0n) is 54.0. The molecule has 0 amide bonds. The fraction of sp³-hybridized carbons (Fsp3) is 0.724. The molecule has 0 saturated carbocycles. The van der Waals surface area contributed by atoms with Crippen molar-refractivity contribution < 1.29 is 28.6 Å². The van der Waals surface area contributed by atoms with Crippen LogP contribution >= 0.6 is 0 Å². The van der Waals surface area contributed by atoms with Crippen LogP contribution in [0.15, 0.2) is 109 Å². The highest BCUT2D eigenvalue weighted by Crippen LogP contribution is 2.17. The van der Waals surface area contributed by atoms with Crippen LogP contribution in [0.2, 0.25) is 0 Å². The number of carbonyl (C=O) groups excluding carboxylic acids is 3. The topological polar surface area (TPSA) is 78.9 Å². The van der Waals surface area contributed by atoms with Gasteiger partial charge < -0.3 is 14.2 Å². The van der Waals surface area contributed by atoms with Gasteiger partial charge in [0.1, 0.15) is 13.2 Å². The SMILES string of the molecule is CC/C=C\C/C=C\C/C=C\C/C=C\C/C=C\C/C=C\C/C=C\CCCC(=O)OC(COC(=O)CCCCCCCCCCCCCCCC)COC(=O)CCCCCCCCCCCCCCCCC/C=C\C/C=C\CCCCCCC. The van der Waals surface area contributed by atoms with E-state index in [1.807, 2.05) is 0 Å². The van der Waals surface area contributed by atoms with Gasteiger partial charge in [-0.3, -0.25) is 14.4 Å². The first kappa shape index (κ1) is 78.1. The summed E-state index contributed by atoms with van der Waals surface area (Å²) < 4.78 is 16.9. The minimum absolute atomic E-state index is 0.0986. The third kappa shape index (κ3) is 66.9. The smallest absolute Gasteiger partial charge is 0.306 e. The minimum Gasteiger partial charge on any atom is -0.462 e. The van der Waals surface area contributed by atoms with Gasteiger partial charge >= 0.3 is 17.9 Å². The van der Waals surface area contributed by atoms with E-state index in [2.05, 4.69) is 130 Å². The minimum atomic E-state index is -0.810. The molecule has 0 saturated heterocycles. The van der Waals surface area contributed by atoms with Gasteiger partial charge in [0.05, 0.1) is 0 Å². The van der Waals surface area contributed by atoms with E-state index < -0.39 is 6.10 Å². The maximum Gasteiger partial charge on any atom is 0.306 e. The van der Waals surface area contributed by atoms with Gasteiger partial charge in [-0.15, -0.1) is 0 Å². The first-order chi connectivity index (χ1) is 40.5. The number of hydrogen-bond acceptors (Lipinski definition) is 6. The first-order valence-electron chi connectivity index (χ1n) is 34.9. The van der Waals surface area contributed by atoms with E-state index in [-0.39, 0.29) is 37.5 Å². The van der Waals surface area contributed by atoms with Gasteiger partial charge in [0.25, 0.3) is 0 Å². The van der Waals surface area contributed by atoms with Crippen molar-refractivity contribution in [3.05, 3.63) is 109 Å². The molecular weight excluding hydrogens is 1010 g/mol. The summed E-state index contributed by atoms with van der Waals surface area (Å²) in [5.74, 6) is -0.945. The van der Waals surface area contributed by atoms with Crippen LogP contribution in [0.1, 0.15) is 335 Å². The zero-order valence-corrected chi connectivity index (χ0v) is 54.0. The summed E-state index contributed by atoms with van der Waals surface area (Å²) in [4.78, 5) is 38.4. The second-order valence-electron chi connectivity index (χ2n) is 23.1. The number of carbonyl (C=O) groups is 3. The van der Waals surface area contributed by atoms with Crippen molar-refractivity contribution in [1.29, 1.82) is 0 Å². The predicted octanol–water partition coefficient (Wildman–Crippen LogP) is 24.2. The number of hydrogen-bond donors (Lipinski definition) is 0. The second kappa shape index (κ2) is 69.6. The third-order valence-electron chi connectivity index (χ3n) is 15.0. The largest absolute Gasteiger partial charge is 0.462 e. The summed E-state index contributed by atoms with van der Waals surface area (Å²) in [6.07, 6.45) is 95.4. The lowest BCUT2D eigenvalue weighted by Crippen LogP contribution is -2.30. The van der Waals surface area contributed by atoms with Crippen molar-refractivity contribution in [2.45, 2.75) is 341 Å². The second-order valence-corrected chi connectivity index (χ2v) is 23.1.